The zero-order valence-electron chi connectivity index (χ0n) is 10.4. The summed E-state index contributed by atoms with van der Waals surface area (Å²) in [6.07, 6.45) is 0. The van der Waals surface area contributed by atoms with E-state index in [2.05, 4.69) is 10.3 Å². The van der Waals surface area contributed by atoms with Gasteiger partial charge in [0.15, 0.2) is 11.6 Å². The Labute approximate surface area is 113 Å². The normalized spacial score (nSPS) is 13.2. The first-order valence-electron chi connectivity index (χ1n) is 5.94. The molecule has 0 amide bonds. The molecule has 0 atom stereocenters. The fourth-order valence-electron chi connectivity index (χ4n) is 1.87. The molecule has 3 N–H and O–H groups in total. The van der Waals surface area contributed by atoms with E-state index in [1.54, 1.807) is 18.2 Å². The number of fused-ring (bicyclic) bond motifs is 1. The van der Waals surface area contributed by atoms with Crippen LogP contribution in [-0.2, 0) is 0 Å². The third kappa shape index (κ3) is 2.40. The van der Waals surface area contributed by atoms with Crippen LogP contribution < -0.4 is 15.8 Å². The zero-order chi connectivity index (χ0) is 14.1. The third-order valence-corrected chi connectivity index (χ3v) is 2.81. The number of rotatable bonds is 1. The van der Waals surface area contributed by atoms with Crippen molar-refractivity contribution in [2.45, 2.75) is 0 Å². The molecule has 1 heterocycles. The molecule has 0 fully saturated rings. The van der Waals surface area contributed by atoms with Crippen LogP contribution in [0.4, 0.5) is 25.8 Å². The van der Waals surface area contributed by atoms with Gasteiger partial charge in [0.2, 0.25) is 0 Å². The molecule has 0 saturated heterocycles. The van der Waals surface area contributed by atoms with Crippen LogP contribution in [-0.4, -0.2) is 12.4 Å². The summed E-state index contributed by atoms with van der Waals surface area (Å²) in [7, 11) is 0. The predicted molar refractivity (Wildman–Crippen MR) is 73.4 cm³/mol. The van der Waals surface area contributed by atoms with Crippen LogP contribution in [0.5, 0.6) is 5.75 Å². The van der Waals surface area contributed by atoms with Crippen LogP contribution in [0.25, 0.3) is 0 Å². The van der Waals surface area contributed by atoms with Crippen LogP contribution >= 0.6 is 0 Å². The monoisotopic (exact) mass is 275 g/mol. The third-order valence-electron chi connectivity index (χ3n) is 2.81. The molecule has 0 aromatic heterocycles. The molecule has 0 saturated carbocycles. The molecule has 0 aliphatic carbocycles. The van der Waals surface area contributed by atoms with Crippen molar-refractivity contribution in [1.29, 1.82) is 0 Å². The number of amidine groups is 1. The smallest absolute Gasteiger partial charge is 0.160 e. The Kier molecular flexibility index (Phi) is 2.98. The highest BCUT2D eigenvalue weighted by atomic mass is 19.2. The Morgan fingerprint density at radius 2 is 1.95 bits per heavy atom. The molecule has 102 valence electrons. The Hall–Kier alpha value is -2.63. The van der Waals surface area contributed by atoms with Gasteiger partial charge >= 0.3 is 0 Å². The molecule has 0 unspecified atom stereocenters. The predicted octanol–water partition coefficient (Wildman–Crippen LogP) is 3.08. The molecule has 1 aliphatic rings. The summed E-state index contributed by atoms with van der Waals surface area (Å²) in [5.41, 5.74) is 7.29. The van der Waals surface area contributed by atoms with Gasteiger partial charge in [-0.2, -0.15) is 0 Å². The van der Waals surface area contributed by atoms with Gasteiger partial charge in [-0.15, -0.1) is 0 Å². The summed E-state index contributed by atoms with van der Waals surface area (Å²) >= 11 is 0. The van der Waals surface area contributed by atoms with Gasteiger partial charge in [0, 0.05) is 23.5 Å². The van der Waals surface area contributed by atoms with Crippen LogP contribution in [0.1, 0.15) is 0 Å². The Balaban J connectivity index is 1.85. The molecule has 2 aromatic carbocycles. The number of nitrogen functional groups attached to an aromatic ring is 1. The number of halogens is 2. The number of hydrogen-bond acceptors (Lipinski definition) is 4. The number of anilines is 2. The number of benzene rings is 2. The summed E-state index contributed by atoms with van der Waals surface area (Å²) in [4.78, 5) is 4.34. The molecule has 6 heteroatoms. The minimum absolute atomic E-state index is 0.204. The van der Waals surface area contributed by atoms with Crippen LogP contribution in [0.3, 0.4) is 0 Å². The highest BCUT2D eigenvalue weighted by Gasteiger charge is 2.14. The van der Waals surface area contributed by atoms with Crippen molar-refractivity contribution in [2.24, 2.45) is 4.99 Å². The second-order valence-corrected chi connectivity index (χ2v) is 4.33. The van der Waals surface area contributed by atoms with E-state index in [4.69, 9.17) is 10.5 Å². The summed E-state index contributed by atoms with van der Waals surface area (Å²) in [6.45, 7) is 0.204. The molecule has 0 spiro atoms. The average molecular weight is 275 g/mol. The molecular weight excluding hydrogens is 264 g/mol. The van der Waals surface area contributed by atoms with Gasteiger partial charge in [0.1, 0.15) is 23.9 Å². The van der Waals surface area contributed by atoms with Crippen molar-refractivity contribution in [3.05, 3.63) is 48.0 Å². The molecule has 3 rings (SSSR count). The number of nitrogens with zero attached hydrogens (tertiary/aromatic N) is 1. The van der Waals surface area contributed by atoms with Crippen molar-refractivity contribution in [3.8, 4) is 5.75 Å². The number of hydrogen-bond donors (Lipinski definition) is 2. The van der Waals surface area contributed by atoms with E-state index in [0.29, 0.717) is 28.6 Å². The summed E-state index contributed by atoms with van der Waals surface area (Å²) in [5, 5.41) is 2.89. The van der Waals surface area contributed by atoms with E-state index in [9.17, 15) is 8.78 Å². The highest BCUT2D eigenvalue weighted by molar-refractivity contribution is 5.99. The topological polar surface area (TPSA) is 59.6 Å². The largest absolute Gasteiger partial charge is 0.483 e. The first-order valence-corrected chi connectivity index (χ1v) is 5.94. The fraction of sp³-hybridized carbons (Fsp3) is 0.0714. The van der Waals surface area contributed by atoms with E-state index in [0.717, 1.165) is 12.1 Å². The Bertz CT molecular complexity index is 701. The van der Waals surface area contributed by atoms with Gasteiger partial charge < -0.3 is 15.8 Å². The lowest BCUT2D eigenvalue weighted by Gasteiger charge is -2.18. The second-order valence-electron chi connectivity index (χ2n) is 4.33. The van der Waals surface area contributed by atoms with Crippen LogP contribution in [0.15, 0.2) is 41.4 Å². The molecule has 0 radical (unpaired) electrons. The summed E-state index contributed by atoms with van der Waals surface area (Å²) < 4.78 is 31.5. The van der Waals surface area contributed by atoms with Crippen molar-refractivity contribution >= 4 is 22.9 Å². The van der Waals surface area contributed by atoms with Gasteiger partial charge in [-0.3, -0.25) is 0 Å². The van der Waals surface area contributed by atoms with Gasteiger partial charge in [0.25, 0.3) is 0 Å². The lowest BCUT2D eigenvalue weighted by atomic mass is 10.2. The number of nitrogens with one attached hydrogen (secondary N) is 1. The standard InChI is InChI=1S/C14H11F2N3O/c15-10-3-2-9(6-11(10)16)18-14-7-20-13-5-8(17)1-4-12(13)19-14/h1-6H,7,17H2,(H,18,19). The lowest BCUT2D eigenvalue weighted by Crippen LogP contribution is -2.23. The first kappa shape index (κ1) is 12.4. The van der Waals surface area contributed by atoms with Crippen molar-refractivity contribution in [1.82, 2.24) is 0 Å². The van der Waals surface area contributed by atoms with Gasteiger partial charge in [0.05, 0.1) is 0 Å². The maximum absolute atomic E-state index is 13.1. The molecule has 0 bridgehead atoms. The van der Waals surface area contributed by atoms with E-state index in [1.165, 1.54) is 6.07 Å². The van der Waals surface area contributed by atoms with Crippen LogP contribution in [0.2, 0.25) is 0 Å². The second kappa shape index (κ2) is 4.80. The zero-order valence-corrected chi connectivity index (χ0v) is 10.4. The minimum Gasteiger partial charge on any atom is -0.483 e. The van der Waals surface area contributed by atoms with Gasteiger partial charge in [-0.25, -0.2) is 13.8 Å². The maximum Gasteiger partial charge on any atom is 0.160 e. The van der Waals surface area contributed by atoms with E-state index in [1.807, 2.05) is 0 Å². The van der Waals surface area contributed by atoms with Crippen LogP contribution in [0, 0.1) is 11.6 Å². The van der Waals surface area contributed by atoms with E-state index in [-0.39, 0.29) is 6.61 Å². The Morgan fingerprint density at radius 3 is 2.75 bits per heavy atom. The van der Waals surface area contributed by atoms with Gasteiger partial charge in [-0.05, 0) is 24.3 Å². The number of nitrogens with two attached hydrogens (primary N) is 1. The lowest BCUT2D eigenvalue weighted by molar-refractivity contribution is 0.372. The number of aliphatic imine (C=N–C) groups is 1. The van der Waals surface area contributed by atoms with Crippen molar-refractivity contribution in [3.63, 3.8) is 0 Å². The van der Waals surface area contributed by atoms with Crippen molar-refractivity contribution in [2.75, 3.05) is 17.7 Å². The summed E-state index contributed by atoms with van der Waals surface area (Å²) in [6, 6.07) is 8.68. The Morgan fingerprint density at radius 1 is 1.10 bits per heavy atom. The minimum atomic E-state index is -0.916. The maximum atomic E-state index is 13.1. The quantitative estimate of drug-likeness (QED) is 0.786. The van der Waals surface area contributed by atoms with E-state index < -0.39 is 11.6 Å². The first-order chi connectivity index (χ1) is 9.61. The highest BCUT2D eigenvalue weighted by Crippen LogP contribution is 2.32. The summed E-state index contributed by atoms with van der Waals surface area (Å²) in [5.74, 6) is -0.701. The van der Waals surface area contributed by atoms with E-state index >= 15 is 0 Å². The molecule has 1 aliphatic heterocycles. The SMILES string of the molecule is Nc1ccc2c(c1)OCC(Nc1ccc(F)c(F)c1)=N2. The molecular formula is C14H11F2N3O. The van der Waals surface area contributed by atoms with Gasteiger partial charge in [-0.1, -0.05) is 0 Å². The fourth-order valence-corrected chi connectivity index (χ4v) is 1.87. The molecule has 2 aromatic rings. The average Bonchev–Trinajstić information content (AvgIpc) is 2.43. The number of ether oxygens (including phenoxy) is 1. The van der Waals surface area contributed by atoms with Crippen molar-refractivity contribution < 1.29 is 13.5 Å². The molecule has 4 nitrogen and oxygen atoms in total. The molecule has 20 heavy (non-hydrogen) atoms.